The van der Waals surface area contributed by atoms with E-state index in [0.29, 0.717) is 30.4 Å². The second-order valence-corrected chi connectivity index (χ2v) is 9.68. The van der Waals surface area contributed by atoms with Gasteiger partial charge in [0.1, 0.15) is 17.5 Å². The number of anilines is 1. The summed E-state index contributed by atoms with van der Waals surface area (Å²) in [5.41, 5.74) is 2.08. The SMILES string of the molecule is COc1cc([C@@H](C)C(=O)N2C[C@@H](Nc3ccc(-c4nc(C)n(C)n4)c(C)n3)C3(CC3)C2)c(F)cn1. The first-order valence-electron chi connectivity index (χ1n) is 11.8. The molecule has 3 aromatic rings. The Balaban J connectivity index is 1.31. The van der Waals surface area contributed by atoms with Gasteiger partial charge in [0.05, 0.1) is 31.0 Å². The van der Waals surface area contributed by atoms with Crippen LogP contribution in [0.2, 0.25) is 0 Å². The quantitative estimate of drug-likeness (QED) is 0.580. The van der Waals surface area contributed by atoms with E-state index in [0.717, 1.165) is 41.9 Å². The molecule has 2 aliphatic rings. The lowest BCUT2D eigenvalue weighted by molar-refractivity contribution is -0.131. The van der Waals surface area contributed by atoms with Crippen LogP contribution in [0, 0.1) is 25.1 Å². The summed E-state index contributed by atoms with van der Waals surface area (Å²) in [6.07, 6.45) is 3.21. The predicted molar refractivity (Wildman–Crippen MR) is 129 cm³/mol. The van der Waals surface area contributed by atoms with E-state index in [1.165, 1.54) is 13.2 Å². The third kappa shape index (κ3) is 4.21. The van der Waals surface area contributed by atoms with Crippen molar-refractivity contribution in [2.75, 3.05) is 25.5 Å². The highest BCUT2D eigenvalue weighted by atomic mass is 19.1. The number of carbonyl (C=O) groups excluding carboxylic acids is 1. The lowest BCUT2D eigenvalue weighted by Crippen LogP contribution is -2.34. The summed E-state index contributed by atoms with van der Waals surface area (Å²) >= 11 is 0. The second-order valence-electron chi connectivity index (χ2n) is 9.68. The lowest BCUT2D eigenvalue weighted by atomic mass is 10.00. The summed E-state index contributed by atoms with van der Waals surface area (Å²) < 4.78 is 21.3. The molecule has 1 saturated carbocycles. The fourth-order valence-corrected chi connectivity index (χ4v) is 4.92. The first-order chi connectivity index (χ1) is 16.7. The minimum absolute atomic E-state index is 0.0395. The molecule has 1 N–H and O–H groups in total. The zero-order chi connectivity index (χ0) is 24.9. The third-order valence-corrected chi connectivity index (χ3v) is 7.39. The summed E-state index contributed by atoms with van der Waals surface area (Å²) in [5, 5.41) is 8.03. The van der Waals surface area contributed by atoms with Gasteiger partial charge in [-0.2, -0.15) is 5.10 Å². The molecule has 10 heteroatoms. The molecule has 0 aromatic carbocycles. The Morgan fingerprint density at radius 1 is 1.29 bits per heavy atom. The molecule has 184 valence electrons. The summed E-state index contributed by atoms with van der Waals surface area (Å²) in [7, 11) is 3.34. The number of rotatable bonds is 6. The zero-order valence-corrected chi connectivity index (χ0v) is 20.7. The van der Waals surface area contributed by atoms with Gasteiger partial charge in [-0.3, -0.25) is 9.48 Å². The van der Waals surface area contributed by atoms with E-state index in [-0.39, 0.29) is 17.4 Å². The minimum atomic E-state index is -0.629. The van der Waals surface area contributed by atoms with Crippen molar-refractivity contribution in [3.05, 3.63) is 47.3 Å². The van der Waals surface area contributed by atoms with Crippen LogP contribution in [0.15, 0.2) is 24.4 Å². The predicted octanol–water partition coefficient (Wildman–Crippen LogP) is 3.24. The molecule has 0 radical (unpaired) electrons. The Hall–Kier alpha value is -3.56. The number of carbonyl (C=O) groups is 1. The van der Waals surface area contributed by atoms with Crippen LogP contribution in [0.5, 0.6) is 5.88 Å². The summed E-state index contributed by atoms with van der Waals surface area (Å²) in [5.74, 6) is 1.33. The van der Waals surface area contributed by atoms with E-state index in [9.17, 15) is 9.18 Å². The second kappa shape index (κ2) is 8.58. The van der Waals surface area contributed by atoms with E-state index in [1.54, 1.807) is 11.6 Å². The Kier molecular flexibility index (Phi) is 5.69. The molecule has 1 spiro atoms. The van der Waals surface area contributed by atoms with Crippen LogP contribution in [0.1, 0.15) is 42.8 Å². The molecule has 1 amide bonds. The molecular weight excluding hydrogens is 449 g/mol. The number of aryl methyl sites for hydroxylation is 3. The average Bonchev–Trinajstić information content (AvgIpc) is 3.43. The van der Waals surface area contributed by atoms with Gasteiger partial charge in [-0.1, -0.05) is 0 Å². The maximum Gasteiger partial charge on any atom is 0.230 e. The molecule has 9 nitrogen and oxygen atoms in total. The fourth-order valence-electron chi connectivity index (χ4n) is 4.92. The van der Waals surface area contributed by atoms with Crippen molar-refractivity contribution in [1.82, 2.24) is 29.6 Å². The minimum Gasteiger partial charge on any atom is -0.481 e. The molecule has 1 aliphatic carbocycles. The number of ether oxygens (including phenoxy) is 1. The number of nitrogens with one attached hydrogen (secondary N) is 1. The third-order valence-electron chi connectivity index (χ3n) is 7.39. The van der Waals surface area contributed by atoms with Gasteiger partial charge in [0, 0.05) is 42.7 Å². The average molecular weight is 480 g/mol. The molecule has 0 unspecified atom stereocenters. The number of hydrogen-bond acceptors (Lipinski definition) is 7. The molecule has 5 rings (SSSR count). The van der Waals surface area contributed by atoms with E-state index < -0.39 is 11.7 Å². The Labute approximate surface area is 203 Å². The molecular formula is C25H30FN7O2. The number of methoxy groups -OCH3 is 1. The highest BCUT2D eigenvalue weighted by Crippen LogP contribution is 2.54. The smallest absolute Gasteiger partial charge is 0.230 e. The van der Waals surface area contributed by atoms with Crippen LogP contribution in [0.3, 0.4) is 0 Å². The molecule has 4 heterocycles. The highest BCUT2D eigenvalue weighted by Gasteiger charge is 2.56. The van der Waals surface area contributed by atoms with Crippen molar-refractivity contribution in [3.63, 3.8) is 0 Å². The molecule has 1 aliphatic heterocycles. The van der Waals surface area contributed by atoms with Crippen LogP contribution >= 0.6 is 0 Å². The van der Waals surface area contributed by atoms with Crippen LogP contribution in [-0.2, 0) is 11.8 Å². The number of amides is 1. The number of pyridine rings is 2. The van der Waals surface area contributed by atoms with Crippen LogP contribution < -0.4 is 10.1 Å². The fraction of sp³-hybridized carbons (Fsp3) is 0.480. The molecule has 1 saturated heterocycles. The molecule has 2 fully saturated rings. The molecule has 2 atom stereocenters. The van der Waals surface area contributed by atoms with Gasteiger partial charge in [-0.05, 0) is 45.7 Å². The van der Waals surface area contributed by atoms with E-state index in [4.69, 9.17) is 9.72 Å². The Morgan fingerprint density at radius 2 is 2.06 bits per heavy atom. The van der Waals surface area contributed by atoms with E-state index in [1.807, 2.05) is 37.9 Å². The van der Waals surface area contributed by atoms with Gasteiger partial charge in [0.25, 0.3) is 0 Å². The molecule has 0 bridgehead atoms. The van der Waals surface area contributed by atoms with Crippen molar-refractivity contribution in [2.24, 2.45) is 12.5 Å². The van der Waals surface area contributed by atoms with Crippen LogP contribution in [0.25, 0.3) is 11.4 Å². The highest BCUT2D eigenvalue weighted by molar-refractivity contribution is 5.84. The van der Waals surface area contributed by atoms with Crippen LogP contribution in [0.4, 0.5) is 10.2 Å². The van der Waals surface area contributed by atoms with Gasteiger partial charge >= 0.3 is 0 Å². The van der Waals surface area contributed by atoms with Gasteiger partial charge < -0.3 is 15.0 Å². The van der Waals surface area contributed by atoms with Gasteiger partial charge in [0.15, 0.2) is 5.82 Å². The van der Waals surface area contributed by atoms with Crippen molar-refractivity contribution >= 4 is 11.7 Å². The number of nitrogens with zero attached hydrogens (tertiary/aromatic N) is 6. The number of halogens is 1. The molecule has 35 heavy (non-hydrogen) atoms. The number of hydrogen-bond donors (Lipinski definition) is 1. The maximum atomic E-state index is 14.4. The van der Waals surface area contributed by atoms with Gasteiger partial charge in [-0.15, -0.1) is 0 Å². The summed E-state index contributed by atoms with van der Waals surface area (Å²) in [6.45, 7) is 6.81. The Morgan fingerprint density at radius 3 is 2.69 bits per heavy atom. The number of likely N-dealkylation sites (tertiary alicyclic amines) is 1. The normalized spacial score (nSPS) is 19.1. The maximum absolute atomic E-state index is 14.4. The first kappa shape index (κ1) is 23.2. The standard InChI is InChI=1S/C25H30FN7O2/c1-14(18-10-22(35-5)27-11-19(18)26)24(34)33-12-20(25(13-33)8-9-25)30-21-7-6-17(15(2)28-21)23-29-16(3)32(4)31-23/h6-7,10-11,14,20H,8-9,12-13H2,1-5H3,(H,28,30)/t14-,20-/m1/s1. The van der Waals surface area contributed by atoms with Gasteiger partial charge in [-0.25, -0.2) is 19.3 Å². The number of aromatic nitrogens is 5. The van der Waals surface area contributed by atoms with Gasteiger partial charge in [0.2, 0.25) is 11.8 Å². The van der Waals surface area contributed by atoms with E-state index in [2.05, 4.69) is 20.4 Å². The summed E-state index contributed by atoms with van der Waals surface area (Å²) in [6, 6.07) is 5.51. The Bertz CT molecular complexity index is 1270. The summed E-state index contributed by atoms with van der Waals surface area (Å²) in [4.78, 5) is 28.3. The monoisotopic (exact) mass is 479 g/mol. The van der Waals surface area contributed by atoms with Crippen molar-refractivity contribution in [2.45, 2.75) is 45.6 Å². The lowest BCUT2D eigenvalue weighted by Gasteiger charge is -2.22. The van der Waals surface area contributed by atoms with Crippen molar-refractivity contribution in [1.29, 1.82) is 0 Å². The topological polar surface area (TPSA) is 98.1 Å². The van der Waals surface area contributed by atoms with Crippen molar-refractivity contribution in [3.8, 4) is 17.3 Å². The largest absolute Gasteiger partial charge is 0.481 e. The van der Waals surface area contributed by atoms with Crippen molar-refractivity contribution < 1.29 is 13.9 Å². The molecule has 3 aromatic heterocycles. The first-order valence-corrected chi connectivity index (χ1v) is 11.8. The zero-order valence-electron chi connectivity index (χ0n) is 20.7. The van der Waals surface area contributed by atoms with E-state index >= 15 is 0 Å². The van der Waals surface area contributed by atoms with Crippen LogP contribution in [-0.4, -0.2) is 61.8 Å².